The van der Waals surface area contributed by atoms with Crippen LogP contribution in [0.5, 0.6) is 17.2 Å². The molecule has 9 nitrogen and oxygen atoms in total. The lowest BCUT2D eigenvalue weighted by molar-refractivity contribution is 0.215. The van der Waals surface area contributed by atoms with E-state index in [0.29, 0.717) is 22.4 Å². The maximum atomic E-state index is 12.5. The summed E-state index contributed by atoms with van der Waals surface area (Å²) >= 11 is 1.35. The second-order valence-corrected chi connectivity index (χ2v) is 7.87. The van der Waals surface area contributed by atoms with E-state index in [1.54, 1.807) is 66.3 Å². The van der Waals surface area contributed by atoms with Crippen molar-refractivity contribution in [3.63, 3.8) is 0 Å². The predicted octanol–water partition coefficient (Wildman–Crippen LogP) is 5.98. The van der Waals surface area contributed by atoms with Crippen LogP contribution in [0.3, 0.4) is 0 Å². The predicted molar refractivity (Wildman–Crippen MR) is 129 cm³/mol. The van der Waals surface area contributed by atoms with Gasteiger partial charge in [0.2, 0.25) is 0 Å². The third kappa shape index (κ3) is 4.87. The standard InChI is InChI=1S/C24H17N5O4S/c30-23(28-22-26-11-13-34-22)29-12-9-16-14-18(6-7-20(16)29)32-19-8-10-25-21(15-19)27-24(31)33-17-4-2-1-3-5-17/h1-15H,(H,25,27,31)(H,26,28,30). The van der Waals surface area contributed by atoms with Crippen molar-refractivity contribution in [3.05, 3.63) is 90.7 Å². The van der Waals surface area contributed by atoms with Crippen molar-refractivity contribution >= 4 is 45.3 Å². The highest BCUT2D eigenvalue weighted by Crippen LogP contribution is 2.27. The van der Waals surface area contributed by atoms with Crippen LogP contribution >= 0.6 is 11.3 Å². The molecular weight excluding hydrogens is 454 g/mol. The maximum Gasteiger partial charge on any atom is 0.418 e. The zero-order valence-electron chi connectivity index (χ0n) is 17.5. The number of amides is 2. The van der Waals surface area contributed by atoms with Gasteiger partial charge in [0.05, 0.1) is 5.52 Å². The van der Waals surface area contributed by atoms with Crippen LogP contribution in [0.25, 0.3) is 10.9 Å². The highest BCUT2D eigenvalue weighted by atomic mass is 32.1. The second kappa shape index (κ2) is 9.43. The Morgan fingerprint density at radius 2 is 1.71 bits per heavy atom. The first-order valence-corrected chi connectivity index (χ1v) is 11.0. The SMILES string of the molecule is O=C(Nc1cc(Oc2ccc3c(ccn3C(=O)Nc3nccs3)c2)ccn1)Oc1ccccc1. The summed E-state index contributed by atoms with van der Waals surface area (Å²) in [5.41, 5.74) is 0.724. The Bertz CT molecular complexity index is 1450. The van der Waals surface area contributed by atoms with E-state index in [0.717, 1.165) is 10.9 Å². The topological polar surface area (TPSA) is 107 Å². The molecule has 2 amide bonds. The maximum absolute atomic E-state index is 12.5. The summed E-state index contributed by atoms with van der Waals surface area (Å²) in [6, 6.07) is 18.9. The van der Waals surface area contributed by atoms with E-state index in [2.05, 4.69) is 20.6 Å². The lowest BCUT2D eigenvalue weighted by Gasteiger charge is -2.09. The molecule has 10 heteroatoms. The molecule has 0 saturated carbocycles. The first kappa shape index (κ1) is 21.2. The fourth-order valence-electron chi connectivity index (χ4n) is 3.20. The van der Waals surface area contributed by atoms with Crippen molar-refractivity contribution in [1.82, 2.24) is 14.5 Å². The van der Waals surface area contributed by atoms with E-state index in [9.17, 15) is 9.59 Å². The number of hydrogen-bond donors (Lipinski definition) is 2. The molecule has 2 N–H and O–H groups in total. The fraction of sp³-hybridized carbons (Fsp3) is 0. The Morgan fingerprint density at radius 3 is 2.53 bits per heavy atom. The van der Waals surface area contributed by atoms with Crippen LogP contribution in [0.4, 0.5) is 20.5 Å². The van der Waals surface area contributed by atoms with Crippen LogP contribution in [0, 0.1) is 0 Å². The van der Waals surface area contributed by atoms with Gasteiger partial charge in [0.15, 0.2) is 5.13 Å². The number of nitrogens with zero attached hydrogens (tertiary/aromatic N) is 3. The Labute approximate surface area is 197 Å². The van der Waals surface area contributed by atoms with Gasteiger partial charge in [-0.15, -0.1) is 11.3 Å². The number of thiazole rings is 1. The molecule has 0 spiro atoms. The summed E-state index contributed by atoms with van der Waals surface area (Å²) in [6.45, 7) is 0. The number of ether oxygens (including phenoxy) is 2. The first-order chi connectivity index (χ1) is 16.6. The lowest BCUT2D eigenvalue weighted by Crippen LogP contribution is -2.18. The van der Waals surface area contributed by atoms with Crippen LogP contribution < -0.4 is 20.1 Å². The van der Waals surface area contributed by atoms with Crippen molar-refractivity contribution in [2.75, 3.05) is 10.6 Å². The normalized spacial score (nSPS) is 10.6. The largest absolute Gasteiger partial charge is 0.457 e. The molecule has 0 aliphatic heterocycles. The third-order valence-corrected chi connectivity index (χ3v) is 5.37. The fourth-order valence-corrected chi connectivity index (χ4v) is 3.72. The van der Waals surface area contributed by atoms with Crippen molar-refractivity contribution < 1.29 is 19.1 Å². The van der Waals surface area contributed by atoms with Crippen LogP contribution in [-0.4, -0.2) is 26.7 Å². The van der Waals surface area contributed by atoms with E-state index in [4.69, 9.17) is 9.47 Å². The number of carbonyl (C=O) groups excluding carboxylic acids is 2. The van der Waals surface area contributed by atoms with E-state index in [1.807, 2.05) is 18.2 Å². The van der Waals surface area contributed by atoms with Gasteiger partial charge >= 0.3 is 12.1 Å². The lowest BCUT2D eigenvalue weighted by atomic mass is 10.2. The molecule has 34 heavy (non-hydrogen) atoms. The van der Waals surface area contributed by atoms with Gasteiger partial charge in [-0.05, 0) is 42.5 Å². The van der Waals surface area contributed by atoms with Gasteiger partial charge in [-0.3, -0.25) is 15.2 Å². The minimum atomic E-state index is -0.658. The smallest absolute Gasteiger partial charge is 0.418 e. The van der Waals surface area contributed by atoms with Crippen molar-refractivity contribution in [2.24, 2.45) is 0 Å². The Morgan fingerprint density at radius 1 is 0.853 bits per heavy atom. The van der Waals surface area contributed by atoms with E-state index in [-0.39, 0.29) is 11.8 Å². The summed E-state index contributed by atoms with van der Waals surface area (Å²) in [7, 11) is 0. The molecule has 0 aliphatic rings. The van der Waals surface area contributed by atoms with Crippen molar-refractivity contribution in [1.29, 1.82) is 0 Å². The number of aromatic nitrogens is 3. The van der Waals surface area contributed by atoms with Gasteiger partial charge in [-0.1, -0.05) is 18.2 Å². The number of hydrogen-bond acceptors (Lipinski definition) is 7. The summed E-state index contributed by atoms with van der Waals surface area (Å²) in [6.07, 6.45) is 4.18. The monoisotopic (exact) mass is 471 g/mol. The van der Waals surface area contributed by atoms with Gasteiger partial charge in [-0.25, -0.2) is 19.6 Å². The molecule has 0 aliphatic carbocycles. The van der Waals surface area contributed by atoms with E-state index < -0.39 is 6.09 Å². The molecule has 0 saturated heterocycles. The van der Waals surface area contributed by atoms with Crippen LogP contribution in [0.15, 0.2) is 90.7 Å². The van der Waals surface area contributed by atoms with Crippen LogP contribution in [0.1, 0.15) is 0 Å². The average molecular weight is 471 g/mol. The highest BCUT2D eigenvalue weighted by molar-refractivity contribution is 7.13. The minimum absolute atomic E-state index is 0.282. The van der Waals surface area contributed by atoms with Crippen LogP contribution in [-0.2, 0) is 0 Å². The number of carbonyl (C=O) groups is 2. The number of anilines is 2. The summed E-state index contributed by atoms with van der Waals surface area (Å²) in [4.78, 5) is 32.8. The molecule has 3 heterocycles. The molecular formula is C24H17N5O4S. The number of rotatable bonds is 5. The minimum Gasteiger partial charge on any atom is -0.457 e. The molecule has 2 aromatic carbocycles. The van der Waals surface area contributed by atoms with Gasteiger partial charge in [-0.2, -0.15) is 0 Å². The third-order valence-electron chi connectivity index (χ3n) is 4.68. The molecule has 0 unspecified atom stereocenters. The molecule has 168 valence electrons. The first-order valence-electron chi connectivity index (χ1n) is 10.1. The zero-order valence-corrected chi connectivity index (χ0v) is 18.4. The van der Waals surface area contributed by atoms with Crippen molar-refractivity contribution in [2.45, 2.75) is 0 Å². The molecule has 0 fully saturated rings. The Balaban J connectivity index is 1.27. The highest BCUT2D eigenvalue weighted by Gasteiger charge is 2.12. The zero-order chi connectivity index (χ0) is 23.3. The number of nitrogens with one attached hydrogen (secondary N) is 2. The van der Waals surface area contributed by atoms with Gasteiger partial charge < -0.3 is 9.47 Å². The molecule has 0 bridgehead atoms. The average Bonchev–Trinajstić information content (AvgIpc) is 3.49. The van der Waals surface area contributed by atoms with Gasteiger partial charge in [0, 0.05) is 35.4 Å². The van der Waals surface area contributed by atoms with Gasteiger partial charge in [0.1, 0.15) is 23.1 Å². The molecule has 5 aromatic rings. The Hall–Kier alpha value is -4.70. The molecule has 3 aromatic heterocycles. The number of para-hydroxylation sites is 1. The summed E-state index contributed by atoms with van der Waals surface area (Å²) in [5, 5.41) is 8.48. The molecule has 0 atom stereocenters. The van der Waals surface area contributed by atoms with Gasteiger partial charge in [0.25, 0.3) is 0 Å². The second-order valence-electron chi connectivity index (χ2n) is 6.98. The summed E-state index contributed by atoms with van der Waals surface area (Å²) in [5.74, 6) is 1.75. The number of fused-ring (bicyclic) bond motifs is 1. The summed E-state index contributed by atoms with van der Waals surface area (Å²) < 4.78 is 12.6. The van der Waals surface area contributed by atoms with Crippen LogP contribution in [0.2, 0.25) is 0 Å². The number of benzene rings is 2. The van der Waals surface area contributed by atoms with Crippen molar-refractivity contribution in [3.8, 4) is 17.2 Å². The quantitative estimate of drug-likeness (QED) is 0.327. The van der Waals surface area contributed by atoms with E-state index >= 15 is 0 Å². The Kier molecular flexibility index (Phi) is 5.87. The molecule has 0 radical (unpaired) electrons. The number of pyridine rings is 1. The molecule has 5 rings (SSSR count). The van der Waals surface area contributed by atoms with E-state index in [1.165, 1.54) is 22.1 Å².